The first-order chi connectivity index (χ1) is 8.27. The summed E-state index contributed by atoms with van der Waals surface area (Å²) in [5, 5.41) is 10.7. The zero-order valence-corrected chi connectivity index (χ0v) is 9.49. The van der Waals surface area contributed by atoms with Crippen LogP contribution >= 0.6 is 0 Å². The molecule has 2 aromatic heterocycles. The zero-order valence-electron chi connectivity index (χ0n) is 9.49. The smallest absolute Gasteiger partial charge is 0.215 e. The highest BCUT2D eigenvalue weighted by Crippen LogP contribution is 1.92. The second-order valence-electron chi connectivity index (χ2n) is 3.11. The maximum atomic E-state index is 10.7. The summed E-state index contributed by atoms with van der Waals surface area (Å²) in [4.78, 5) is 3.98. The predicted molar refractivity (Wildman–Crippen MR) is 69.8 cm³/mol. The molecular formula is C14H14N2O. The van der Waals surface area contributed by atoms with Crippen LogP contribution in [0, 0.1) is 5.21 Å². The standard InChI is InChI=1S/C7H7NO.C7H7N/c1-2-7-5-3-4-6-8(7)9;1-2-7-5-3-4-6-8-7/h2-6H,1H2;2-6H,1H2. The van der Waals surface area contributed by atoms with Gasteiger partial charge in [-0.15, -0.1) is 0 Å². The van der Waals surface area contributed by atoms with E-state index in [0.29, 0.717) is 5.69 Å². The zero-order chi connectivity index (χ0) is 12.5. The van der Waals surface area contributed by atoms with Crippen molar-refractivity contribution in [1.82, 2.24) is 4.98 Å². The lowest BCUT2D eigenvalue weighted by Crippen LogP contribution is -2.28. The summed E-state index contributed by atoms with van der Waals surface area (Å²) < 4.78 is 0.771. The van der Waals surface area contributed by atoms with Gasteiger partial charge < -0.3 is 5.21 Å². The fourth-order valence-corrected chi connectivity index (χ4v) is 1.10. The van der Waals surface area contributed by atoms with E-state index in [4.69, 9.17) is 0 Å². The van der Waals surface area contributed by atoms with Crippen LogP contribution in [0.25, 0.3) is 12.2 Å². The maximum Gasteiger partial charge on any atom is 0.215 e. The number of hydrogen-bond acceptors (Lipinski definition) is 2. The molecule has 2 heterocycles. The van der Waals surface area contributed by atoms with Gasteiger partial charge in [0.15, 0.2) is 6.20 Å². The molecule has 0 spiro atoms. The van der Waals surface area contributed by atoms with Crippen molar-refractivity contribution in [3.05, 3.63) is 78.5 Å². The fraction of sp³-hybridized carbons (Fsp3) is 0. The Balaban J connectivity index is 0.000000171. The van der Waals surface area contributed by atoms with Crippen LogP contribution in [0.1, 0.15) is 11.4 Å². The number of aromatic nitrogens is 2. The van der Waals surface area contributed by atoms with Gasteiger partial charge in [-0.3, -0.25) is 4.98 Å². The minimum absolute atomic E-state index is 0.581. The van der Waals surface area contributed by atoms with Crippen LogP contribution in [0.4, 0.5) is 0 Å². The Kier molecular flexibility index (Phi) is 5.17. The molecule has 2 aromatic rings. The van der Waals surface area contributed by atoms with Gasteiger partial charge in [-0.25, -0.2) is 0 Å². The van der Waals surface area contributed by atoms with Gasteiger partial charge in [-0.2, -0.15) is 4.73 Å². The van der Waals surface area contributed by atoms with Crippen LogP contribution in [0.2, 0.25) is 0 Å². The summed E-state index contributed by atoms with van der Waals surface area (Å²) in [5.41, 5.74) is 1.50. The van der Waals surface area contributed by atoms with Crippen LogP contribution in [-0.4, -0.2) is 4.98 Å². The van der Waals surface area contributed by atoms with Crippen LogP contribution < -0.4 is 4.73 Å². The van der Waals surface area contributed by atoms with E-state index in [1.807, 2.05) is 18.2 Å². The van der Waals surface area contributed by atoms with E-state index in [1.54, 1.807) is 30.5 Å². The van der Waals surface area contributed by atoms with Gasteiger partial charge in [0.1, 0.15) is 0 Å². The van der Waals surface area contributed by atoms with Gasteiger partial charge in [0.05, 0.1) is 5.69 Å². The average molecular weight is 226 g/mol. The Morgan fingerprint density at radius 1 is 1.06 bits per heavy atom. The van der Waals surface area contributed by atoms with Crippen LogP contribution in [0.3, 0.4) is 0 Å². The first kappa shape index (κ1) is 12.6. The summed E-state index contributed by atoms with van der Waals surface area (Å²) in [5.74, 6) is 0. The Labute approximate surface area is 101 Å². The Bertz CT molecular complexity index is 481. The van der Waals surface area contributed by atoms with Crippen molar-refractivity contribution in [2.45, 2.75) is 0 Å². The molecule has 0 bridgehead atoms. The summed E-state index contributed by atoms with van der Waals surface area (Å²) in [6.45, 7) is 7.04. The summed E-state index contributed by atoms with van der Waals surface area (Å²) in [6.07, 6.45) is 6.43. The molecule has 0 radical (unpaired) electrons. The quantitative estimate of drug-likeness (QED) is 0.583. The third kappa shape index (κ3) is 4.30. The molecule has 3 nitrogen and oxygen atoms in total. The van der Waals surface area contributed by atoms with Crippen molar-refractivity contribution in [3.8, 4) is 0 Å². The molecule has 0 aromatic carbocycles. The molecule has 86 valence electrons. The van der Waals surface area contributed by atoms with Gasteiger partial charge >= 0.3 is 0 Å². The van der Waals surface area contributed by atoms with E-state index >= 15 is 0 Å². The van der Waals surface area contributed by atoms with E-state index in [-0.39, 0.29) is 0 Å². The third-order valence-corrected chi connectivity index (χ3v) is 1.96. The first-order valence-corrected chi connectivity index (χ1v) is 5.12. The molecule has 0 saturated heterocycles. The lowest BCUT2D eigenvalue weighted by atomic mass is 10.3. The molecule has 0 atom stereocenters. The molecule has 2 rings (SSSR count). The average Bonchev–Trinajstić information content (AvgIpc) is 2.41. The van der Waals surface area contributed by atoms with Gasteiger partial charge in [0, 0.05) is 24.4 Å². The lowest BCUT2D eigenvalue weighted by molar-refractivity contribution is -0.607. The largest absolute Gasteiger partial charge is 0.618 e. The van der Waals surface area contributed by atoms with Crippen molar-refractivity contribution < 1.29 is 4.73 Å². The maximum absolute atomic E-state index is 10.7. The summed E-state index contributed by atoms with van der Waals surface area (Å²) in [7, 11) is 0. The topological polar surface area (TPSA) is 39.8 Å². The van der Waals surface area contributed by atoms with Gasteiger partial charge in [-0.05, 0) is 24.3 Å². The highest BCUT2D eigenvalue weighted by atomic mass is 16.5. The minimum Gasteiger partial charge on any atom is -0.618 e. The second kappa shape index (κ2) is 6.95. The minimum atomic E-state index is 0.581. The summed E-state index contributed by atoms with van der Waals surface area (Å²) in [6, 6.07) is 10.9. The van der Waals surface area contributed by atoms with Crippen molar-refractivity contribution in [1.29, 1.82) is 0 Å². The van der Waals surface area contributed by atoms with E-state index in [0.717, 1.165) is 10.4 Å². The fourth-order valence-electron chi connectivity index (χ4n) is 1.10. The van der Waals surface area contributed by atoms with Crippen LogP contribution in [0.15, 0.2) is 61.9 Å². The summed E-state index contributed by atoms with van der Waals surface area (Å²) >= 11 is 0. The molecule has 0 saturated carbocycles. The normalized spacial score (nSPS) is 8.71. The van der Waals surface area contributed by atoms with E-state index in [2.05, 4.69) is 18.1 Å². The highest BCUT2D eigenvalue weighted by Gasteiger charge is 1.92. The second-order valence-corrected chi connectivity index (χ2v) is 3.11. The molecule has 17 heavy (non-hydrogen) atoms. The van der Waals surface area contributed by atoms with Crippen molar-refractivity contribution >= 4 is 12.2 Å². The molecule has 0 N–H and O–H groups in total. The number of nitrogens with zero attached hydrogens (tertiary/aromatic N) is 2. The monoisotopic (exact) mass is 226 g/mol. The molecule has 0 aliphatic rings. The molecular weight excluding hydrogens is 212 g/mol. The van der Waals surface area contributed by atoms with E-state index < -0.39 is 0 Å². The van der Waals surface area contributed by atoms with E-state index in [1.165, 1.54) is 12.3 Å². The van der Waals surface area contributed by atoms with E-state index in [9.17, 15) is 5.21 Å². The Morgan fingerprint density at radius 3 is 2.24 bits per heavy atom. The number of hydrogen-bond donors (Lipinski definition) is 0. The molecule has 0 unspecified atom stereocenters. The highest BCUT2D eigenvalue weighted by molar-refractivity contribution is 5.40. The first-order valence-electron chi connectivity index (χ1n) is 5.12. The Hall–Kier alpha value is -2.42. The van der Waals surface area contributed by atoms with Crippen molar-refractivity contribution in [3.63, 3.8) is 0 Å². The van der Waals surface area contributed by atoms with Crippen molar-refractivity contribution in [2.75, 3.05) is 0 Å². The molecule has 0 aliphatic heterocycles. The van der Waals surface area contributed by atoms with Crippen molar-refractivity contribution in [2.24, 2.45) is 0 Å². The van der Waals surface area contributed by atoms with Crippen LogP contribution in [0.5, 0.6) is 0 Å². The Morgan fingerprint density at radius 2 is 1.82 bits per heavy atom. The third-order valence-electron chi connectivity index (χ3n) is 1.96. The molecule has 0 fully saturated rings. The van der Waals surface area contributed by atoms with Gasteiger partial charge in [-0.1, -0.05) is 19.2 Å². The van der Waals surface area contributed by atoms with Crippen LogP contribution in [-0.2, 0) is 0 Å². The number of rotatable bonds is 2. The molecule has 0 aliphatic carbocycles. The SMILES string of the molecule is C=Cc1cccc[n+]1[O-].C=Cc1ccccn1. The predicted octanol–water partition coefficient (Wildman–Crippen LogP) is 2.69. The lowest BCUT2D eigenvalue weighted by Gasteiger charge is -1.96. The van der Waals surface area contributed by atoms with Gasteiger partial charge in [0.25, 0.3) is 0 Å². The number of pyridine rings is 2. The molecule has 3 heteroatoms. The molecule has 0 amide bonds. The van der Waals surface area contributed by atoms with Gasteiger partial charge in [0.2, 0.25) is 5.69 Å².